The van der Waals surface area contributed by atoms with Crippen LogP contribution >= 0.6 is 0 Å². The average molecular weight is 260 g/mol. The van der Waals surface area contributed by atoms with Gasteiger partial charge in [-0.25, -0.2) is 0 Å². The summed E-state index contributed by atoms with van der Waals surface area (Å²) in [5.74, 6) is 0.171. The molecule has 1 fully saturated rings. The number of carbonyl (C=O) groups is 1. The van der Waals surface area contributed by atoms with Crippen LogP contribution in [0.5, 0.6) is 0 Å². The van der Waals surface area contributed by atoms with Gasteiger partial charge in [-0.3, -0.25) is 4.79 Å². The number of hydrogen-bond acceptors (Lipinski definition) is 2. The summed E-state index contributed by atoms with van der Waals surface area (Å²) in [6.07, 6.45) is 5.35. The molecule has 0 aliphatic heterocycles. The zero-order valence-electron chi connectivity index (χ0n) is 12.0. The van der Waals surface area contributed by atoms with Crippen LogP contribution in [0.15, 0.2) is 18.2 Å². The molecule has 0 heterocycles. The Morgan fingerprint density at radius 1 is 1.26 bits per heavy atom. The second kappa shape index (κ2) is 6.60. The zero-order chi connectivity index (χ0) is 13.7. The summed E-state index contributed by atoms with van der Waals surface area (Å²) in [6, 6.07) is 6.75. The number of amides is 1. The maximum absolute atomic E-state index is 11.8. The molecule has 1 aromatic carbocycles. The molecule has 1 saturated carbocycles. The van der Waals surface area contributed by atoms with E-state index < -0.39 is 0 Å². The molecule has 2 rings (SSSR count). The SMILES string of the molecule is Cc1ccc(NCCC(=O)NC2CCCC2)c(C)c1. The minimum Gasteiger partial charge on any atom is -0.384 e. The van der Waals surface area contributed by atoms with Crippen molar-refractivity contribution in [3.05, 3.63) is 29.3 Å². The highest BCUT2D eigenvalue weighted by Crippen LogP contribution is 2.18. The Hall–Kier alpha value is -1.51. The predicted molar refractivity (Wildman–Crippen MR) is 79.4 cm³/mol. The summed E-state index contributed by atoms with van der Waals surface area (Å²) in [5.41, 5.74) is 3.62. The van der Waals surface area contributed by atoms with Crippen molar-refractivity contribution < 1.29 is 4.79 Å². The topological polar surface area (TPSA) is 41.1 Å². The van der Waals surface area contributed by atoms with Crippen LogP contribution in [-0.4, -0.2) is 18.5 Å². The monoisotopic (exact) mass is 260 g/mol. The van der Waals surface area contributed by atoms with Crippen molar-refractivity contribution in [1.82, 2.24) is 5.32 Å². The summed E-state index contributed by atoms with van der Waals surface area (Å²) in [4.78, 5) is 11.8. The molecule has 0 atom stereocenters. The number of benzene rings is 1. The molecule has 0 bridgehead atoms. The van der Waals surface area contributed by atoms with Gasteiger partial charge in [-0.05, 0) is 38.3 Å². The Labute approximate surface area is 115 Å². The van der Waals surface area contributed by atoms with Crippen LogP contribution in [0.1, 0.15) is 43.2 Å². The van der Waals surface area contributed by atoms with Crippen molar-refractivity contribution in [3.63, 3.8) is 0 Å². The first-order valence-electron chi connectivity index (χ1n) is 7.25. The summed E-state index contributed by atoms with van der Waals surface area (Å²) in [6.45, 7) is 4.88. The third-order valence-corrected chi connectivity index (χ3v) is 3.77. The van der Waals surface area contributed by atoms with E-state index in [2.05, 4.69) is 42.7 Å². The molecule has 1 aliphatic carbocycles. The van der Waals surface area contributed by atoms with E-state index >= 15 is 0 Å². The number of aryl methyl sites for hydroxylation is 2. The van der Waals surface area contributed by atoms with Crippen molar-refractivity contribution in [3.8, 4) is 0 Å². The van der Waals surface area contributed by atoms with E-state index in [4.69, 9.17) is 0 Å². The van der Waals surface area contributed by atoms with Crippen molar-refractivity contribution in [1.29, 1.82) is 0 Å². The maximum Gasteiger partial charge on any atom is 0.221 e. The van der Waals surface area contributed by atoms with E-state index in [9.17, 15) is 4.79 Å². The molecular weight excluding hydrogens is 236 g/mol. The van der Waals surface area contributed by atoms with Crippen molar-refractivity contribution in [2.75, 3.05) is 11.9 Å². The first-order chi connectivity index (χ1) is 9.15. The number of hydrogen-bond donors (Lipinski definition) is 2. The molecule has 0 saturated heterocycles. The van der Waals surface area contributed by atoms with Crippen LogP contribution in [0.25, 0.3) is 0 Å². The second-order valence-corrected chi connectivity index (χ2v) is 5.54. The van der Waals surface area contributed by atoms with Crippen molar-refractivity contribution in [2.45, 2.75) is 52.0 Å². The van der Waals surface area contributed by atoms with Crippen LogP contribution in [0.2, 0.25) is 0 Å². The molecule has 19 heavy (non-hydrogen) atoms. The van der Waals surface area contributed by atoms with Gasteiger partial charge in [0.1, 0.15) is 0 Å². The number of anilines is 1. The Balaban J connectivity index is 1.72. The molecule has 3 nitrogen and oxygen atoms in total. The fourth-order valence-corrected chi connectivity index (χ4v) is 2.69. The Morgan fingerprint density at radius 2 is 2.00 bits per heavy atom. The molecule has 0 unspecified atom stereocenters. The van der Waals surface area contributed by atoms with Crippen LogP contribution in [0.3, 0.4) is 0 Å². The molecule has 2 N–H and O–H groups in total. The van der Waals surface area contributed by atoms with Gasteiger partial charge in [0.15, 0.2) is 0 Å². The first kappa shape index (κ1) is 13.9. The van der Waals surface area contributed by atoms with Crippen molar-refractivity contribution >= 4 is 11.6 Å². The lowest BCUT2D eigenvalue weighted by Crippen LogP contribution is -2.33. The lowest BCUT2D eigenvalue weighted by atomic mass is 10.1. The molecule has 1 aromatic rings. The van der Waals surface area contributed by atoms with E-state index in [1.165, 1.54) is 24.0 Å². The summed E-state index contributed by atoms with van der Waals surface area (Å²) >= 11 is 0. The van der Waals surface area contributed by atoms with Gasteiger partial charge in [-0.2, -0.15) is 0 Å². The highest BCUT2D eigenvalue weighted by Gasteiger charge is 2.16. The van der Waals surface area contributed by atoms with Gasteiger partial charge < -0.3 is 10.6 Å². The third-order valence-electron chi connectivity index (χ3n) is 3.77. The van der Waals surface area contributed by atoms with Gasteiger partial charge in [0.2, 0.25) is 5.91 Å². The average Bonchev–Trinajstić information content (AvgIpc) is 2.84. The molecule has 0 aromatic heterocycles. The van der Waals surface area contributed by atoms with E-state index in [1.807, 2.05) is 0 Å². The molecule has 3 heteroatoms. The van der Waals surface area contributed by atoms with E-state index in [-0.39, 0.29) is 5.91 Å². The van der Waals surface area contributed by atoms with Gasteiger partial charge in [0.05, 0.1) is 0 Å². The van der Waals surface area contributed by atoms with Gasteiger partial charge in [0, 0.05) is 24.7 Å². The highest BCUT2D eigenvalue weighted by atomic mass is 16.1. The third kappa shape index (κ3) is 4.27. The number of carbonyl (C=O) groups excluding carboxylic acids is 1. The van der Waals surface area contributed by atoms with Gasteiger partial charge >= 0.3 is 0 Å². The molecule has 104 valence electrons. The smallest absolute Gasteiger partial charge is 0.221 e. The predicted octanol–water partition coefficient (Wildman–Crippen LogP) is 3.16. The van der Waals surface area contributed by atoms with Crippen LogP contribution < -0.4 is 10.6 Å². The first-order valence-corrected chi connectivity index (χ1v) is 7.25. The second-order valence-electron chi connectivity index (χ2n) is 5.54. The van der Waals surface area contributed by atoms with Crippen LogP contribution in [0, 0.1) is 13.8 Å². The lowest BCUT2D eigenvalue weighted by Gasteiger charge is -2.13. The maximum atomic E-state index is 11.8. The summed E-state index contributed by atoms with van der Waals surface area (Å²) in [7, 11) is 0. The van der Waals surface area contributed by atoms with Gasteiger partial charge in [-0.15, -0.1) is 0 Å². The minimum atomic E-state index is 0.171. The van der Waals surface area contributed by atoms with E-state index in [1.54, 1.807) is 0 Å². The zero-order valence-corrected chi connectivity index (χ0v) is 12.0. The van der Waals surface area contributed by atoms with Crippen molar-refractivity contribution in [2.24, 2.45) is 0 Å². The summed E-state index contributed by atoms with van der Waals surface area (Å²) in [5, 5.41) is 6.45. The Kier molecular flexibility index (Phi) is 4.83. The quantitative estimate of drug-likeness (QED) is 0.854. The molecule has 0 radical (unpaired) electrons. The van der Waals surface area contributed by atoms with Crippen LogP contribution in [0.4, 0.5) is 5.69 Å². The molecular formula is C16H24N2O. The van der Waals surface area contributed by atoms with Gasteiger partial charge in [0.25, 0.3) is 0 Å². The Bertz CT molecular complexity index is 436. The molecule has 1 aliphatic rings. The molecule has 1 amide bonds. The van der Waals surface area contributed by atoms with Crippen LogP contribution in [-0.2, 0) is 4.79 Å². The fourth-order valence-electron chi connectivity index (χ4n) is 2.69. The lowest BCUT2D eigenvalue weighted by molar-refractivity contribution is -0.121. The standard InChI is InChI=1S/C16H24N2O/c1-12-7-8-15(13(2)11-12)17-10-9-16(19)18-14-5-3-4-6-14/h7-8,11,14,17H,3-6,9-10H2,1-2H3,(H,18,19). The van der Waals surface area contributed by atoms with Gasteiger partial charge in [-0.1, -0.05) is 30.5 Å². The van der Waals surface area contributed by atoms with E-state index in [0.29, 0.717) is 19.0 Å². The molecule has 0 spiro atoms. The normalized spacial score (nSPS) is 15.5. The number of rotatable bonds is 5. The van der Waals surface area contributed by atoms with E-state index in [0.717, 1.165) is 18.5 Å². The minimum absolute atomic E-state index is 0.171. The Morgan fingerprint density at radius 3 is 2.68 bits per heavy atom. The highest BCUT2D eigenvalue weighted by molar-refractivity contribution is 5.76. The summed E-state index contributed by atoms with van der Waals surface area (Å²) < 4.78 is 0. The fraction of sp³-hybridized carbons (Fsp3) is 0.562. The largest absolute Gasteiger partial charge is 0.384 e. The number of nitrogens with one attached hydrogen (secondary N) is 2.